The van der Waals surface area contributed by atoms with Gasteiger partial charge in [0, 0.05) is 13.1 Å². The Morgan fingerprint density at radius 1 is 0.565 bits per heavy atom. The van der Waals surface area contributed by atoms with Crippen LogP contribution >= 0.6 is 0 Å². The van der Waals surface area contributed by atoms with Gasteiger partial charge in [-0.1, -0.05) is 41.5 Å². The zero-order valence-electron chi connectivity index (χ0n) is 31.7. The first-order valence-electron chi connectivity index (χ1n) is 16.4. The fourth-order valence-electron chi connectivity index (χ4n) is 2.23. The van der Waals surface area contributed by atoms with E-state index in [0.29, 0.717) is 13.2 Å². The number of nitrogens with zero attached hydrogens (tertiary/aromatic N) is 2. The van der Waals surface area contributed by atoms with Gasteiger partial charge in [0.1, 0.15) is 26.4 Å². The van der Waals surface area contributed by atoms with Crippen LogP contribution in [0.25, 0.3) is 0 Å². The molecule has 12 heteroatoms. The van der Waals surface area contributed by atoms with Gasteiger partial charge in [-0.2, -0.15) is 0 Å². The Kier molecular flexibility index (Phi) is 33.1. The lowest BCUT2D eigenvalue weighted by Gasteiger charge is -2.20. The molecule has 0 aliphatic carbocycles. The Balaban J connectivity index is -0.000000258. The summed E-state index contributed by atoms with van der Waals surface area (Å²) >= 11 is 0. The van der Waals surface area contributed by atoms with E-state index in [0.717, 1.165) is 38.8 Å². The molecule has 12 nitrogen and oxygen atoms in total. The first-order valence-corrected chi connectivity index (χ1v) is 16.4. The molecule has 0 fully saturated rings. The maximum atomic E-state index is 11.4. The van der Waals surface area contributed by atoms with Crippen molar-refractivity contribution in [2.45, 2.75) is 94.9 Å². The molecule has 0 aromatic rings. The lowest BCUT2D eigenvalue weighted by molar-refractivity contribution is -0.155. The topological polar surface area (TPSA) is 152 Å². The number of aliphatic hydroxyl groups is 2. The molecular formula is C34H70N2O10. The van der Waals surface area contributed by atoms with Crippen LogP contribution in [0, 0.1) is 22.7 Å². The zero-order chi connectivity index (χ0) is 36.9. The Morgan fingerprint density at radius 3 is 1.04 bits per heavy atom. The normalized spacial score (nSPS) is 12.2. The maximum absolute atomic E-state index is 11.4. The van der Waals surface area contributed by atoms with E-state index in [9.17, 15) is 19.2 Å². The minimum atomic E-state index is -0.341. The molecular weight excluding hydrogens is 596 g/mol. The minimum Gasteiger partial charge on any atom is -0.464 e. The molecule has 0 spiro atoms. The van der Waals surface area contributed by atoms with Gasteiger partial charge >= 0.3 is 23.9 Å². The van der Waals surface area contributed by atoms with Gasteiger partial charge < -0.3 is 39.0 Å². The number of hydrogen-bond donors (Lipinski definition) is 2. The van der Waals surface area contributed by atoms with E-state index in [2.05, 4.69) is 9.47 Å². The highest BCUT2D eigenvalue weighted by molar-refractivity contribution is 5.76. The maximum Gasteiger partial charge on any atom is 0.311 e. The first-order chi connectivity index (χ1) is 21.2. The van der Waals surface area contributed by atoms with Gasteiger partial charge in [0.05, 0.1) is 35.9 Å². The van der Waals surface area contributed by atoms with Gasteiger partial charge in [-0.3, -0.25) is 19.2 Å². The Hall–Kier alpha value is -2.28. The fourth-order valence-corrected chi connectivity index (χ4v) is 2.23. The van der Waals surface area contributed by atoms with Crippen LogP contribution in [0.1, 0.15) is 94.9 Å². The third kappa shape index (κ3) is 30.4. The van der Waals surface area contributed by atoms with Crippen molar-refractivity contribution in [1.29, 1.82) is 0 Å². The van der Waals surface area contributed by atoms with Crippen molar-refractivity contribution in [1.82, 2.24) is 9.80 Å². The smallest absolute Gasteiger partial charge is 0.311 e. The van der Waals surface area contributed by atoms with Gasteiger partial charge in [-0.25, -0.2) is 0 Å². The third-order valence-electron chi connectivity index (χ3n) is 7.12. The molecule has 0 aromatic carbocycles. The molecule has 2 N–H and O–H groups in total. The van der Waals surface area contributed by atoms with Crippen LogP contribution in [-0.2, 0) is 38.1 Å². The number of likely N-dealkylation sites (N-methyl/N-ethyl adjacent to an activating group) is 2. The van der Waals surface area contributed by atoms with E-state index in [1.807, 2.05) is 93.4 Å². The number of hydrogen-bond acceptors (Lipinski definition) is 12. The molecule has 0 bridgehead atoms. The van der Waals surface area contributed by atoms with Crippen LogP contribution in [-0.4, -0.2) is 125 Å². The highest BCUT2D eigenvalue weighted by Gasteiger charge is 2.27. The van der Waals surface area contributed by atoms with Crippen LogP contribution in [0.3, 0.4) is 0 Å². The summed E-state index contributed by atoms with van der Waals surface area (Å²) in [6.07, 6.45) is 3.19. The van der Waals surface area contributed by atoms with Crippen molar-refractivity contribution in [3.05, 3.63) is 0 Å². The van der Waals surface area contributed by atoms with Gasteiger partial charge in [0.25, 0.3) is 0 Å². The van der Waals surface area contributed by atoms with Gasteiger partial charge in [0.2, 0.25) is 0 Å². The van der Waals surface area contributed by atoms with E-state index >= 15 is 0 Å². The van der Waals surface area contributed by atoms with Crippen LogP contribution in [0.5, 0.6) is 0 Å². The van der Waals surface area contributed by atoms with Crippen molar-refractivity contribution in [3.63, 3.8) is 0 Å². The number of aliphatic hydroxyl groups excluding tert-OH is 2. The Labute approximate surface area is 280 Å². The van der Waals surface area contributed by atoms with E-state index in [1.54, 1.807) is 13.8 Å². The summed E-state index contributed by atoms with van der Waals surface area (Å²) in [5.41, 5.74) is -0.682. The molecule has 2 unspecified atom stereocenters. The summed E-state index contributed by atoms with van der Waals surface area (Å²) in [4.78, 5) is 48.5. The summed E-state index contributed by atoms with van der Waals surface area (Å²) in [5.74, 6) is -0.750. The van der Waals surface area contributed by atoms with Gasteiger partial charge in [-0.15, -0.1) is 0 Å². The average Bonchev–Trinajstić information content (AvgIpc) is 3.01. The number of esters is 4. The standard InChI is InChI=1S/2C10H21NO2.2C7H14O3/c2*1-6-10(2,3)9(12)13-8-7-11(4)5;2*1-3-6(2)7(9)10-5-4-8/h2*6-8H2,1-5H3;2*6,8H,3-5H2,1-2H3. The third-order valence-corrected chi connectivity index (χ3v) is 7.12. The summed E-state index contributed by atoms with van der Waals surface area (Å²) < 4.78 is 19.6. The number of carbonyl (C=O) groups is 4. The van der Waals surface area contributed by atoms with Crippen LogP contribution in [0.15, 0.2) is 0 Å². The van der Waals surface area contributed by atoms with Crippen LogP contribution in [0.4, 0.5) is 0 Å². The summed E-state index contributed by atoms with van der Waals surface area (Å²) in [6, 6.07) is 0. The van der Waals surface area contributed by atoms with E-state index < -0.39 is 0 Å². The lowest BCUT2D eigenvalue weighted by atomic mass is 9.91. The summed E-state index contributed by atoms with van der Waals surface area (Å²) in [6.45, 7) is 21.6. The van der Waals surface area contributed by atoms with Crippen molar-refractivity contribution in [2.24, 2.45) is 22.7 Å². The molecule has 0 saturated carbocycles. The molecule has 0 rings (SSSR count). The highest BCUT2D eigenvalue weighted by Crippen LogP contribution is 2.21. The Morgan fingerprint density at radius 2 is 0.848 bits per heavy atom. The van der Waals surface area contributed by atoms with Crippen LogP contribution in [0.2, 0.25) is 0 Å². The SMILES string of the molecule is CCC(C)(C)C(=O)OCCN(C)C.CCC(C)(C)C(=O)OCCN(C)C.CCC(C)C(=O)OCCO.CCC(C)C(=O)OCCO. The van der Waals surface area contributed by atoms with Crippen molar-refractivity contribution < 1.29 is 48.3 Å². The Bertz CT molecular complexity index is 722. The zero-order valence-corrected chi connectivity index (χ0v) is 31.7. The number of carbonyl (C=O) groups excluding carboxylic acids is 4. The molecule has 0 radical (unpaired) electrons. The summed E-state index contributed by atoms with van der Waals surface area (Å²) in [5, 5.41) is 16.6. The van der Waals surface area contributed by atoms with E-state index in [1.165, 1.54) is 0 Å². The first kappa shape index (κ1) is 50.6. The lowest BCUT2D eigenvalue weighted by Crippen LogP contribution is -2.28. The highest BCUT2D eigenvalue weighted by atomic mass is 16.5. The molecule has 0 aromatic heterocycles. The second-order valence-electron chi connectivity index (χ2n) is 12.8. The molecule has 276 valence electrons. The predicted octanol–water partition coefficient (Wildman–Crippen LogP) is 4.19. The largest absolute Gasteiger partial charge is 0.464 e. The second kappa shape index (κ2) is 30.1. The van der Waals surface area contributed by atoms with Crippen LogP contribution < -0.4 is 0 Å². The molecule has 0 aliphatic rings. The van der Waals surface area contributed by atoms with Crippen molar-refractivity contribution >= 4 is 23.9 Å². The molecule has 0 aliphatic heterocycles. The predicted molar refractivity (Wildman–Crippen MR) is 182 cm³/mol. The number of rotatable bonds is 18. The molecule has 0 saturated heterocycles. The van der Waals surface area contributed by atoms with Crippen molar-refractivity contribution in [3.8, 4) is 0 Å². The van der Waals surface area contributed by atoms with Crippen molar-refractivity contribution in [2.75, 3.05) is 80.9 Å². The van der Waals surface area contributed by atoms with E-state index in [-0.39, 0.29) is 73.0 Å². The molecule has 0 heterocycles. The van der Waals surface area contributed by atoms with Gasteiger partial charge in [0.15, 0.2) is 0 Å². The second-order valence-corrected chi connectivity index (χ2v) is 12.8. The van der Waals surface area contributed by atoms with E-state index in [4.69, 9.17) is 19.7 Å². The summed E-state index contributed by atoms with van der Waals surface area (Å²) in [7, 11) is 7.83. The molecule has 2 atom stereocenters. The van der Waals surface area contributed by atoms with Gasteiger partial charge in [-0.05, 0) is 81.6 Å². The minimum absolute atomic E-state index is 0.0495. The molecule has 0 amide bonds. The fraction of sp³-hybridized carbons (Fsp3) is 0.882. The monoisotopic (exact) mass is 667 g/mol. The quantitative estimate of drug-likeness (QED) is 0.159. The number of ether oxygens (including phenoxy) is 4. The average molecular weight is 667 g/mol. The molecule has 46 heavy (non-hydrogen) atoms.